The fourth-order valence-corrected chi connectivity index (χ4v) is 3.19. The number of aryl methyl sites for hydroxylation is 1. The molecule has 2 aromatic rings. The molecule has 0 radical (unpaired) electrons. The van der Waals surface area contributed by atoms with E-state index in [1.165, 1.54) is 0 Å². The van der Waals surface area contributed by atoms with Crippen LogP contribution in [-0.2, 0) is 4.74 Å². The highest BCUT2D eigenvalue weighted by atomic mass is 16.5. The van der Waals surface area contributed by atoms with Crippen LogP contribution in [0, 0.1) is 12.3 Å². The first kappa shape index (κ1) is 13.4. The van der Waals surface area contributed by atoms with E-state index in [2.05, 4.69) is 28.4 Å². The normalized spacial score (nSPS) is 24.8. The summed E-state index contributed by atoms with van der Waals surface area (Å²) in [7, 11) is 0. The molecule has 2 unspecified atom stereocenters. The zero-order chi connectivity index (χ0) is 14.5. The summed E-state index contributed by atoms with van der Waals surface area (Å²) in [6.45, 7) is 9.25. The van der Waals surface area contributed by atoms with E-state index in [0.717, 1.165) is 29.8 Å². The smallest absolute Gasteiger partial charge is 0.202 e. The van der Waals surface area contributed by atoms with Crippen molar-refractivity contribution < 1.29 is 4.74 Å². The number of hydrogen-bond acceptors (Lipinski definition) is 4. The third-order valence-electron chi connectivity index (χ3n) is 4.50. The third-order valence-corrected chi connectivity index (χ3v) is 4.50. The van der Waals surface area contributed by atoms with Gasteiger partial charge in [0.15, 0.2) is 5.65 Å². The van der Waals surface area contributed by atoms with Gasteiger partial charge >= 0.3 is 0 Å². The number of ether oxygens (including phenoxy) is 1. The lowest BCUT2D eigenvalue weighted by atomic mass is 9.64. The van der Waals surface area contributed by atoms with E-state index in [0.29, 0.717) is 12.0 Å². The SMILES string of the molecule is CCOC1CC(n2c(N)nc3cc(C)cnc32)C1(C)C. The van der Waals surface area contributed by atoms with Crippen LogP contribution in [0.25, 0.3) is 11.2 Å². The number of imidazole rings is 1. The maximum atomic E-state index is 6.13. The average Bonchev–Trinajstić information content (AvgIpc) is 2.69. The predicted molar refractivity (Wildman–Crippen MR) is 79.5 cm³/mol. The molecule has 0 spiro atoms. The Morgan fingerprint density at radius 2 is 2.25 bits per heavy atom. The van der Waals surface area contributed by atoms with Crippen LogP contribution < -0.4 is 5.73 Å². The summed E-state index contributed by atoms with van der Waals surface area (Å²) in [4.78, 5) is 8.97. The summed E-state index contributed by atoms with van der Waals surface area (Å²) in [6.07, 6.45) is 3.11. The van der Waals surface area contributed by atoms with Gasteiger partial charge in [0.2, 0.25) is 5.95 Å². The Morgan fingerprint density at radius 1 is 1.50 bits per heavy atom. The topological polar surface area (TPSA) is 66.0 Å². The average molecular weight is 274 g/mol. The van der Waals surface area contributed by atoms with Gasteiger partial charge in [0.05, 0.1) is 6.10 Å². The number of nitrogens with zero attached hydrogens (tertiary/aromatic N) is 3. The van der Waals surface area contributed by atoms with E-state index in [4.69, 9.17) is 10.5 Å². The second-order valence-corrected chi connectivity index (χ2v) is 6.21. The van der Waals surface area contributed by atoms with Crippen molar-refractivity contribution in [2.24, 2.45) is 5.41 Å². The molecule has 0 amide bonds. The minimum absolute atomic E-state index is 0.0460. The molecule has 0 aliphatic heterocycles. The van der Waals surface area contributed by atoms with Crippen molar-refractivity contribution in [1.82, 2.24) is 14.5 Å². The maximum Gasteiger partial charge on any atom is 0.202 e. The molecule has 2 aromatic heterocycles. The molecule has 2 N–H and O–H groups in total. The van der Waals surface area contributed by atoms with E-state index >= 15 is 0 Å². The standard InChI is InChI=1S/C15H22N4O/c1-5-20-12-7-11(15(12,3)4)19-13-10(18-14(19)16)6-9(2)8-17-13/h6,8,11-12H,5,7H2,1-4H3,(H2,16,18). The second kappa shape index (κ2) is 4.45. The van der Waals surface area contributed by atoms with E-state index in [1.807, 2.05) is 26.1 Å². The van der Waals surface area contributed by atoms with Gasteiger partial charge in [-0.05, 0) is 31.9 Å². The summed E-state index contributed by atoms with van der Waals surface area (Å²) in [5, 5.41) is 0. The highest BCUT2D eigenvalue weighted by molar-refractivity contribution is 5.75. The van der Waals surface area contributed by atoms with Crippen molar-refractivity contribution in [3.05, 3.63) is 17.8 Å². The number of aromatic nitrogens is 3. The predicted octanol–water partition coefficient (Wildman–Crippen LogP) is 2.70. The molecule has 1 fully saturated rings. The monoisotopic (exact) mass is 274 g/mol. The minimum Gasteiger partial charge on any atom is -0.378 e. The number of rotatable bonds is 3. The van der Waals surface area contributed by atoms with Gasteiger partial charge in [0.1, 0.15) is 5.52 Å². The highest BCUT2D eigenvalue weighted by Gasteiger charge is 2.51. The Kier molecular flexibility index (Phi) is 2.97. The van der Waals surface area contributed by atoms with Crippen molar-refractivity contribution in [3.8, 4) is 0 Å². The van der Waals surface area contributed by atoms with E-state index in [1.54, 1.807) is 0 Å². The van der Waals surface area contributed by atoms with Gasteiger partial charge in [-0.3, -0.25) is 4.57 Å². The van der Waals surface area contributed by atoms with Crippen molar-refractivity contribution >= 4 is 17.1 Å². The molecule has 20 heavy (non-hydrogen) atoms. The molecular weight excluding hydrogens is 252 g/mol. The fraction of sp³-hybridized carbons (Fsp3) is 0.600. The number of fused-ring (bicyclic) bond motifs is 1. The Morgan fingerprint density at radius 3 is 2.90 bits per heavy atom. The molecule has 3 rings (SSSR count). The lowest BCUT2D eigenvalue weighted by Gasteiger charge is -2.52. The highest BCUT2D eigenvalue weighted by Crippen LogP contribution is 2.52. The first-order valence-corrected chi connectivity index (χ1v) is 7.16. The van der Waals surface area contributed by atoms with Gasteiger partial charge in [0.25, 0.3) is 0 Å². The molecule has 2 heterocycles. The Bertz CT molecular complexity index is 647. The molecular formula is C15H22N4O. The minimum atomic E-state index is 0.0460. The van der Waals surface area contributed by atoms with Gasteiger partial charge in [-0.1, -0.05) is 13.8 Å². The van der Waals surface area contributed by atoms with Gasteiger partial charge < -0.3 is 10.5 Å². The van der Waals surface area contributed by atoms with Crippen LogP contribution in [0.3, 0.4) is 0 Å². The van der Waals surface area contributed by atoms with Gasteiger partial charge in [-0.25, -0.2) is 9.97 Å². The molecule has 2 atom stereocenters. The van der Waals surface area contributed by atoms with Crippen LogP contribution in [0.2, 0.25) is 0 Å². The molecule has 1 aliphatic rings. The molecule has 5 nitrogen and oxygen atoms in total. The molecule has 0 aromatic carbocycles. The number of pyridine rings is 1. The van der Waals surface area contributed by atoms with E-state index < -0.39 is 0 Å². The van der Waals surface area contributed by atoms with Crippen LogP contribution in [-0.4, -0.2) is 27.2 Å². The van der Waals surface area contributed by atoms with Gasteiger partial charge in [0, 0.05) is 24.3 Å². The van der Waals surface area contributed by atoms with Gasteiger partial charge in [-0.2, -0.15) is 0 Å². The van der Waals surface area contributed by atoms with Crippen LogP contribution in [0.5, 0.6) is 0 Å². The zero-order valence-electron chi connectivity index (χ0n) is 12.6. The summed E-state index contributed by atoms with van der Waals surface area (Å²) < 4.78 is 7.87. The first-order valence-electron chi connectivity index (χ1n) is 7.16. The van der Waals surface area contributed by atoms with Crippen LogP contribution in [0.15, 0.2) is 12.3 Å². The van der Waals surface area contributed by atoms with Crippen LogP contribution in [0.1, 0.15) is 38.8 Å². The Hall–Kier alpha value is -1.62. The van der Waals surface area contributed by atoms with Crippen molar-refractivity contribution in [2.45, 2.75) is 46.3 Å². The quantitative estimate of drug-likeness (QED) is 0.934. The molecule has 1 aliphatic carbocycles. The lowest BCUT2D eigenvalue weighted by molar-refractivity contribution is -0.126. The Labute approximate surface area is 119 Å². The zero-order valence-corrected chi connectivity index (χ0v) is 12.6. The fourth-order valence-electron chi connectivity index (χ4n) is 3.19. The third kappa shape index (κ3) is 1.80. The maximum absolute atomic E-state index is 6.13. The summed E-state index contributed by atoms with van der Waals surface area (Å²) in [5.41, 5.74) is 9.02. The molecule has 0 saturated heterocycles. The molecule has 0 bridgehead atoms. The van der Waals surface area contributed by atoms with E-state index in [9.17, 15) is 0 Å². The summed E-state index contributed by atoms with van der Waals surface area (Å²) in [6, 6.07) is 2.32. The second-order valence-electron chi connectivity index (χ2n) is 6.21. The largest absolute Gasteiger partial charge is 0.378 e. The molecule has 1 saturated carbocycles. The van der Waals surface area contributed by atoms with Crippen molar-refractivity contribution in [3.63, 3.8) is 0 Å². The first-order chi connectivity index (χ1) is 9.45. The van der Waals surface area contributed by atoms with Crippen LogP contribution >= 0.6 is 0 Å². The van der Waals surface area contributed by atoms with Crippen LogP contribution in [0.4, 0.5) is 5.95 Å². The molecule has 5 heteroatoms. The van der Waals surface area contributed by atoms with Crippen molar-refractivity contribution in [2.75, 3.05) is 12.3 Å². The summed E-state index contributed by atoms with van der Waals surface area (Å²) in [5.74, 6) is 0.547. The lowest BCUT2D eigenvalue weighted by Crippen LogP contribution is -2.51. The molecule has 108 valence electrons. The van der Waals surface area contributed by atoms with E-state index in [-0.39, 0.29) is 11.5 Å². The number of nitrogens with two attached hydrogens (primary N) is 1. The number of hydrogen-bond donors (Lipinski definition) is 1. The van der Waals surface area contributed by atoms with Gasteiger partial charge in [-0.15, -0.1) is 0 Å². The van der Waals surface area contributed by atoms with Crippen molar-refractivity contribution in [1.29, 1.82) is 0 Å². The summed E-state index contributed by atoms with van der Waals surface area (Å²) >= 11 is 0. The Balaban J connectivity index is 2.02. The number of anilines is 1. The number of nitrogen functional groups attached to an aromatic ring is 1.